The van der Waals surface area contributed by atoms with E-state index in [0.29, 0.717) is 11.3 Å². The average Bonchev–Trinajstić information content (AvgIpc) is 2.03. The monoisotopic (exact) mass is 150 g/mol. The summed E-state index contributed by atoms with van der Waals surface area (Å²) in [4.78, 5) is 0. The standard InChI is InChI=1S/C8H9NO2/c1-6(9-11)7-3-2-4-8(10)5-7/h2-5,10-11H,1H3/p-1/b9-6+. The van der Waals surface area contributed by atoms with Gasteiger partial charge in [-0.25, -0.2) is 0 Å². The van der Waals surface area contributed by atoms with Crippen molar-refractivity contribution in [2.24, 2.45) is 5.16 Å². The number of nitrogens with zero attached hydrogens (tertiary/aromatic N) is 1. The van der Waals surface area contributed by atoms with Crippen LogP contribution in [0.25, 0.3) is 0 Å². The minimum Gasteiger partial charge on any atom is -0.872 e. The Kier molecular flexibility index (Phi) is 2.11. The maximum absolute atomic E-state index is 10.8. The van der Waals surface area contributed by atoms with Crippen LogP contribution in [0.5, 0.6) is 5.75 Å². The van der Waals surface area contributed by atoms with Crippen molar-refractivity contribution in [2.75, 3.05) is 0 Å². The van der Waals surface area contributed by atoms with Crippen LogP contribution in [0.4, 0.5) is 0 Å². The molecule has 1 N–H and O–H groups in total. The van der Waals surface area contributed by atoms with E-state index >= 15 is 0 Å². The molecule has 0 heterocycles. The highest BCUT2D eigenvalue weighted by Crippen LogP contribution is 2.08. The first-order chi connectivity index (χ1) is 5.24. The normalized spacial score (nSPS) is 11.5. The van der Waals surface area contributed by atoms with Crippen LogP contribution in [0, 0.1) is 0 Å². The quantitative estimate of drug-likeness (QED) is 0.368. The van der Waals surface area contributed by atoms with Crippen LogP contribution < -0.4 is 5.11 Å². The summed E-state index contributed by atoms with van der Waals surface area (Å²) in [5.41, 5.74) is 1.10. The van der Waals surface area contributed by atoms with E-state index in [0.717, 1.165) is 0 Å². The maximum atomic E-state index is 10.8. The van der Waals surface area contributed by atoms with E-state index in [1.54, 1.807) is 19.1 Å². The van der Waals surface area contributed by atoms with Gasteiger partial charge < -0.3 is 10.3 Å². The molecule has 0 aliphatic heterocycles. The predicted molar refractivity (Wildman–Crippen MR) is 39.9 cm³/mol. The fourth-order valence-electron chi connectivity index (χ4n) is 0.779. The molecule has 58 valence electrons. The van der Waals surface area contributed by atoms with Crippen molar-refractivity contribution >= 4 is 5.71 Å². The second kappa shape index (κ2) is 3.05. The number of oxime groups is 1. The highest BCUT2D eigenvalue weighted by atomic mass is 16.4. The lowest BCUT2D eigenvalue weighted by molar-refractivity contribution is -0.268. The van der Waals surface area contributed by atoms with Crippen LogP contribution in [0.3, 0.4) is 0 Å². The van der Waals surface area contributed by atoms with E-state index in [-0.39, 0.29) is 5.75 Å². The van der Waals surface area contributed by atoms with Crippen LogP contribution in [-0.2, 0) is 0 Å². The van der Waals surface area contributed by atoms with Crippen molar-refractivity contribution in [1.29, 1.82) is 0 Å². The van der Waals surface area contributed by atoms with Crippen molar-refractivity contribution in [2.45, 2.75) is 6.92 Å². The molecule has 0 atom stereocenters. The van der Waals surface area contributed by atoms with E-state index in [9.17, 15) is 5.11 Å². The molecule has 1 aromatic carbocycles. The molecule has 0 saturated heterocycles. The van der Waals surface area contributed by atoms with Gasteiger partial charge in [0.2, 0.25) is 0 Å². The molecular formula is C8H8NO2-. The van der Waals surface area contributed by atoms with Gasteiger partial charge in [0.25, 0.3) is 0 Å². The Balaban J connectivity index is 3.06. The molecular weight excluding hydrogens is 142 g/mol. The second-order valence-electron chi connectivity index (χ2n) is 2.21. The van der Waals surface area contributed by atoms with E-state index < -0.39 is 0 Å². The fraction of sp³-hybridized carbons (Fsp3) is 0.125. The zero-order valence-corrected chi connectivity index (χ0v) is 6.11. The molecule has 0 radical (unpaired) electrons. The lowest BCUT2D eigenvalue weighted by Crippen LogP contribution is -1.96. The second-order valence-corrected chi connectivity index (χ2v) is 2.21. The van der Waals surface area contributed by atoms with Crippen LogP contribution in [0.1, 0.15) is 12.5 Å². The zero-order chi connectivity index (χ0) is 8.27. The average molecular weight is 150 g/mol. The first-order valence-corrected chi connectivity index (χ1v) is 3.20. The minimum absolute atomic E-state index is 0.0782. The van der Waals surface area contributed by atoms with Crippen molar-refractivity contribution in [3.63, 3.8) is 0 Å². The van der Waals surface area contributed by atoms with E-state index in [4.69, 9.17) is 5.21 Å². The van der Waals surface area contributed by atoms with E-state index in [2.05, 4.69) is 5.16 Å². The third kappa shape index (κ3) is 1.70. The molecule has 3 nitrogen and oxygen atoms in total. The molecule has 0 spiro atoms. The van der Waals surface area contributed by atoms with Crippen molar-refractivity contribution in [3.8, 4) is 5.75 Å². The molecule has 0 aliphatic carbocycles. The van der Waals surface area contributed by atoms with Crippen LogP contribution in [0.2, 0.25) is 0 Å². The predicted octanol–water partition coefficient (Wildman–Crippen LogP) is 0.958. The Morgan fingerprint density at radius 2 is 2.27 bits per heavy atom. The molecule has 0 bridgehead atoms. The smallest absolute Gasteiger partial charge is 0.0836 e. The Morgan fingerprint density at radius 3 is 2.82 bits per heavy atom. The van der Waals surface area contributed by atoms with E-state index in [1.165, 1.54) is 12.1 Å². The van der Waals surface area contributed by atoms with Gasteiger partial charge in [0, 0.05) is 0 Å². The Bertz CT molecular complexity index is 281. The van der Waals surface area contributed by atoms with Gasteiger partial charge in [-0.05, 0) is 12.5 Å². The molecule has 1 rings (SSSR count). The van der Waals surface area contributed by atoms with Crippen molar-refractivity contribution in [1.82, 2.24) is 0 Å². The molecule has 0 amide bonds. The van der Waals surface area contributed by atoms with Gasteiger partial charge in [0.15, 0.2) is 0 Å². The highest BCUT2D eigenvalue weighted by Gasteiger charge is 1.93. The molecule has 0 unspecified atom stereocenters. The first kappa shape index (κ1) is 7.60. The Hall–Kier alpha value is -1.51. The number of benzene rings is 1. The lowest BCUT2D eigenvalue weighted by atomic mass is 10.1. The summed E-state index contributed by atoms with van der Waals surface area (Å²) < 4.78 is 0. The van der Waals surface area contributed by atoms with Gasteiger partial charge in [0.1, 0.15) is 0 Å². The van der Waals surface area contributed by atoms with Gasteiger partial charge in [-0.15, -0.1) is 5.75 Å². The third-order valence-corrected chi connectivity index (χ3v) is 1.40. The summed E-state index contributed by atoms with van der Waals surface area (Å²) in [6, 6.07) is 6.23. The van der Waals surface area contributed by atoms with Crippen LogP contribution >= 0.6 is 0 Å². The van der Waals surface area contributed by atoms with Gasteiger partial charge in [0.05, 0.1) is 5.71 Å². The number of hydrogen-bond acceptors (Lipinski definition) is 3. The first-order valence-electron chi connectivity index (χ1n) is 3.20. The Labute approximate surface area is 64.6 Å². The minimum atomic E-state index is -0.0782. The third-order valence-electron chi connectivity index (χ3n) is 1.40. The molecule has 1 aromatic rings. The lowest BCUT2D eigenvalue weighted by Gasteiger charge is -2.05. The Morgan fingerprint density at radius 1 is 1.55 bits per heavy atom. The fourth-order valence-corrected chi connectivity index (χ4v) is 0.779. The summed E-state index contributed by atoms with van der Waals surface area (Å²) >= 11 is 0. The van der Waals surface area contributed by atoms with Crippen LogP contribution in [-0.4, -0.2) is 10.9 Å². The van der Waals surface area contributed by atoms with Crippen molar-refractivity contribution < 1.29 is 10.3 Å². The van der Waals surface area contributed by atoms with Crippen LogP contribution in [0.15, 0.2) is 29.4 Å². The molecule has 3 heteroatoms. The number of hydrogen-bond donors (Lipinski definition) is 1. The topological polar surface area (TPSA) is 55.7 Å². The summed E-state index contributed by atoms with van der Waals surface area (Å²) in [5, 5.41) is 22.1. The van der Waals surface area contributed by atoms with E-state index in [1.807, 2.05) is 0 Å². The summed E-state index contributed by atoms with van der Waals surface area (Å²) in [7, 11) is 0. The van der Waals surface area contributed by atoms with Gasteiger partial charge >= 0.3 is 0 Å². The van der Waals surface area contributed by atoms with Gasteiger partial charge in [-0.2, -0.15) is 0 Å². The summed E-state index contributed by atoms with van der Waals surface area (Å²) in [6.07, 6.45) is 0. The maximum Gasteiger partial charge on any atom is 0.0836 e. The SMILES string of the molecule is C/C(=N\O)c1cccc([O-])c1. The largest absolute Gasteiger partial charge is 0.872 e. The van der Waals surface area contributed by atoms with Gasteiger partial charge in [-0.1, -0.05) is 29.4 Å². The molecule has 0 aromatic heterocycles. The summed E-state index contributed by atoms with van der Waals surface area (Å²) in [6.45, 7) is 1.63. The number of rotatable bonds is 1. The molecule has 0 aliphatic rings. The zero-order valence-electron chi connectivity index (χ0n) is 6.11. The van der Waals surface area contributed by atoms with Gasteiger partial charge in [-0.3, -0.25) is 0 Å². The highest BCUT2D eigenvalue weighted by molar-refractivity contribution is 5.98. The molecule has 0 saturated carbocycles. The van der Waals surface area contributed by atoms with Crippen molar-refractivity contribution in [3.05, 3.63) is 29.8 Å². The molecule has 0 fully saturated rings. The molecule has 11 heavy (non-hydrogen) atoms. The summed E-state index contributed by atoms with van der Waals surface area (Å²) in [5.74, 6) is -0.0782.